The summed E-state index contributed by atoms with van der Waals surface area (Å²) >= 11 is 0. The largest absolute Gasteiger partial charge is 0.373 e. The summed E-state index contributed by atoms with van der Waals surface area (Å²) < 4.78 is 11.0. The zero-order chi connectivity index (χ0) is 19.3. The van der Waals surface area contributed by atoms with Crippen molar-refractivity contribution in [3.63, 3.8) is 0 Å². The molecule has 1 aliphatic rings. The van der Waals surface area contributed by atoms with E-state index in [0.29, 0.717) is 5.06 Å². The first kappa shape index (κ1) is 21.0. The molecule has 0 bridgehead atoms. The predicted molar refractivity (Wildman–Crippen MR) is 87.1 cm³/mol. The Morgan fingerprint density at radius 3 is 2.12 bits per heavy atom. The standard InChI is InChI=1S/C17H25NO7/c1-6-12(19)17(4,5)24-10-9-23-16(2,3)11-15(22)25-18-13(20)7-8-14(18)21/h6H,1,7-11H2,2-5H3. The minimum absolute atomic E-state index is 0.0442. The first-order valence-electron chi connectivity index (χ1n) is 8.00. The molecule has 0 radical (unpaired) electrons. The van der Waals surface area contributed by atoms with Crippen LogP contribution < -0.4 is 0 Å². The molecule has 25 heavy (non-hydrogen) atoms. The third-order valence-corrected chi connectivity index (χ3v) is 3.59. The summed E-state index contributed by atoms with van der Waals surface area (Å²) in [5, 5.41) is 0.505. The van der Waals surface area contributed by atoms with E-state index in [1.807, 2.05) is 0 Å². The normalized spacial score (nSPS) is 15.4. The smallest absolute Gasteiger partial charge is 0.336 e. The molecule has 1 aliphatic heterocycles. The molecule has 2 amide bonds. The van der Waals surface area contributed by atoms with Crippen molar-refractivity contribution in [1.29, 1.82) is 0 Å². The Morgan fingerprint density at radius 1 is 1.08 bits per heavy atom. The average molecular weight is 355 g/mol. The van der Waals surface area contributed by atoms with Crippen molar-refractivity contribution in [2.24, 2.45) is 0 Å². The topological polar surface area (TPSA) is 99.2 Å². The van der Waals surface area contributed by atoms with E-state index in [9.17, 15) is 19.2 Å². The van der Waals surface area contributed by atoms with Crippen LogP contribution >= 0.6 is 0 Å². The molecule has 0 aromatic rings. The van der Waals surface area contributed by atoms with E-state index in [4.69, 9.17) is 14.3 Å². The third kappa shape index (κ3) is 6.39. The predicted octanol–water partition coefficient (Wildman–Crippen LogP) is 1.33. The molecular formula is C17H25NO7. The van der Waals surface area contributed by atoms with Crippen LogP contribution in [-0.2, 0) is 33.5 Å². The fraction of sp³-hybridized carbons (Fsp3) is 0.647. The number of hydroxylamine groups is 2. The van der Waals surface area contributed by atoms with Gasteiger partial charge in [0.15, 0.2) is 5.78 Å². The maximum atomic E-state index is 11.9. The lowest BCUT2D eigenvalue weighted by Crippen LogP contribution is -2.38. The van der Waals surface area contributed by atoms with Crippen LogP contribution in [0.15, 0.2) is 12.7 Å². The van der Waals surface area contributed by atoms with Crippen LogP contribution in [0.3, 0.4) is 0 Å². The van der Waals surface area contributed by atoms with Gasteiger partial charge in [0.1, 0.15) is 5.60 Å². The summed E-state index contributed by atoms with van der Waals surface area (Å²) in [6, 6.07) is 0. The Hall–Kier alpha value is -2.06. The number of carbonyl (C=O) groups is 4. The van der Waals surface area contributed by atoms with Gasteiger partial charge in [-0.1, -0.05) is 6.58 Å². The van der Waals surface area contributed by atoms with Crippen LogP contribution in [0.25, 0.3) is 0 Å². The van der Waals surface area contributed by atoms with Crippen molar-refractivity contribution < 1.29 is 33.5 Å². The average Bonchev–Trinajstić information content (AvgIpc) is 2.82. The lowest BCUT2D eigenvalue weighted by Gasteiger charge is -2.27. The molecule has 1 saturated heterocycles. The van der Waals surface area contributed by atoms with Crippen molar-refractivity contribution in [2.45, 2.75) is 58.2 Å². The Balaban J connectivity index is 2.39. The van der Waals surface area contributed by atoms with Gasteiger partial charge in [-0.15, -0.1) is 5.06 Å². The molecule has 8 heteroatoms. The Kier molecular flexibility index (Phi) is 7.01. The van der Waals surface area contributed by atoms with Crippen LogP contribution in [0.1, 0.15) is 47.0 Å². The summed E-state index contributed by atoms with van der Waals surface area (Å²) in [7, 11) is 0. The maximum absolute atomic E-state index is 11.9. The van der Waals surface area contributed by atoms with Gasteiger partial charge in [-0.2, -0.15) is 0 Å². The Bertz CT molecular complexity index is 549. The van der Waals surface area contributed by atoms with Gasteiger partial charge in [0.25, 0.3) is 11.8 Å². The maximum Gasteiger partial charge on any atom is 0.336 e. The highest BCUT2D eigenvalue weighted by Crippen LogP contribution is 2.19. The second kappa shape index (κ2) is 8.35. The van der Waals surface area contributed by atoms with Crippen molar-refractivity contribution >= 4 is 23.6 Å². The van der Waals surface area contributed by atoms with Crippen LogP contribution in [0, 0.1) is 0 Å². The fourth-order valence-corrected chi connectivity index (χ4v) is 2.12. The minimum atomic E-state index is -0.995. The molecule has 0 unspecified atom stereocenters. The molecular weight excluding hydrogens is 330 g/mol. The van der Waals surface area contributed by atoms with Gasteiger partial charge in [0.2, 0.25) is 0 Å². The summed E-state index contributed by atoms with van der Waals surface area (Å²) in [6.45, 7) is 10.3. The number of hydrogen-bond donors (Lipinski definition) is 0. The van der Waals surface area contributed by atoms with Gasteiger partial charge in [-0.05, 0) is 33.8 Å². The summed E-state index contributed by atoms with van der Waals surface area (Å²) in [4.78, 5) is 51.1. The SMILES string of the molecule is C=CC(=O)C(C)(C)OCCOC(C)(C)CC(=O)ON1C(=O)CCC1=O. The zero-order valence-corrected chi connectivity index (χ0v) is 15.1. The van der Waals surface area contributed by atoms with E-state index in [-0.39, 0.29) is 38.3 Å². The zero-order valence-electron chi connectivity index (χ0n) is 15.1. The van der Waals surface area contributed by atoms with E-state index in [1.165, 1.54) is 6.08 Å². The Morgan fingerprint density at radius 2 is 1.60 bits per heavy atom. The molecule has 0 atom stereocenters. The number of imide groups is 1. The summed E-state index contributed by atoms with van der Waals surface area (Å²) in [5.41, 5.74) is -1.89. The van der Waals surface area contributed by atoms with Gasteiger partial charge < -0.3 is 14.3 Å². The van der Waals surface area contributed by atoms with Crippen molar-refractivity contribution in [3.8, 4) is 0 Å². The van der Waals surface area contributed by atoms with Crippen molar-refractivity contribution in [3.05, 3.63) is 12.7 Å². The van der Waals surface area contributed by atoms with Crippen molar-refractivity contribution in [1.82, 2.24) is 5.06 Å². The van der Waals surface area contributed by atoms with Gasteiger partial charge in [-0.3, -0.25) is 14.4 Å². The highest BCUT2D eigenvalue weighted by Gasteiger charge is 2.34. The molecule has 0 aromatic heterocycles. The van der Waals surface area contributed by atoms with E-state index < -0.39 is 29.0 Å². The van der Waals surface area contributed by atoms with Crippen LogP contribution in [0.5, 0.6) is 0 Å². The highest BCUT2D eigenvalue weighted by atomic mass is 16.7. The number of rotatable bonds is 10. The van der Waals surface area contributed by atoms with Gasteiger partial charge in [-0.25, -0.2) is 4.79 Å². The van der Waals surface area contributed by atoms with Crippen LogP contribution in [0.4, 0.5) is 0 Å². The second-order valence-corrected chi connectivity index (χ2v) is 6.76. The number of amides is 2. The molecule has 1 fully saturated rings. The van der Waals surface area contributed by atoms with Crippen molar-refractivity contribution in [2.75, 3.05) is 13.2 Å². The Labute approximate surface area is 147 Å². The molecule has 1 rings (SSSR count). The molecule has 0 spiro atoms. The number of ether oxygens (including phenoxy) is 2. The van der Waals surface area contributed by atoms with Gasteiger partial charge in [0.05, 0.1) is 25.2 Å². The molecule has 0 aromatic carbocycles. The quantitative estimate of drug-likeness (QED) is 0.331. The number of carbonyl (C=O) groups excluding carboxylic acids is 4. The molecule has 8 nitrogen and oxygen atoms in total. The van der Waals surface area contributed by atoms with E-state index >= 15 is 0 Å². The van der Waals surface area contributed by atoms with Crippen LogP contribution in [-0.4, -0.2) is 53.0 Å². The molecule has 0 aliphatic carbocycles. The lowest BCUT2D eigenvalue weighted by atomic mass is 10.0. The molecule has 0 saturated carbocycles. The second-order valence-electron chi connectivity index (χ2n) is 6.76. The number of hydrogen-bond acceptors (Lipinski definition) is 7. The molecule has 1 heterocycles. The van der Waals surface area contributed by atoms with E-state index in [0.717, 1.165) is 0 Å². The lowest BCUT2D eigenvalue weighted by molar-refractivity contribution is -0.201. The first-order valence-corrected chi connectivity index (χ1v) is 8.00. The number of nitrogens with zero attached hydrogens (tertiary/aromatic N) is 1. The fourth-order valence-electron chi connectivity index (χ4n) is 2.12. The van der Waals surface area contributed by atoms with E-state index in [2.05, 4.69) is 6.58 Å². The molecule has 0 N–H and O–H groups in total. The molecule has 140 valence electrons. The highest BCUT2D eigenvalue weighted by molar-refractivity contribution is 6.01. The summed E-state index contributed by atoms with van der Waals surface area (Å²) in [5.74, 6) is -2.04. The van der Waals surface area contributed by atoms with Gasteiger partial charge in [0, 0.05) is 12.8 Å². The van der Waals surface area contributed by atoms with Crippen LogP contribution in [0.2, 0.25) is 0 Å². The number of ketones is 1. The monoisotopic (exact) mass is 355 g/mol. The first-order chi connectivity index (χ1) is 11.5. The summed E-state index contributed by atoms with van der Waals surface area (Å²) in [6.07, 6.45) is 1.13. The third-order valence-electron chi connectivity index (χ3n) is 3.59. The minimum Gasteiger partial charge on any atom is -0.373 e. The van der Waals surface area contributed by atoms with Gasteiger partial charge >= 0.3 is 5.97 Å². The van der Waals surface area contributed by atoms with E-state index in [1.54, 1.807) is 27.7 Å².